The van der Waals surface area contributed by atoms with Gasteiger partial charge in [-0.3, -0.25) is 0 Å². The van der Waals surface area contributed by atoms with Gasteiger partial charge in [-0.15, -0.1) is 0 Å². The van der Waals surface area contributed by atoms with Crippen molar-refractivity contribution in [3.05, 3.63) is 199 Å². The van der Waals surface area contributed by atoms with E-state index in [1.165, 1.54) is 0 Å². The summed E-state index contributed by atoms with van der Waals surface area (Å²) in [5.74, 6) is 5.22. The first-order chi connectivity index (χ1) is 36.4. The van der Waals surface area contributed by atoms with Gasteiger partial charge in [-0.25, -0.2) is 0 Å². The van der Waals surface area contributed by atoms with Gasteiger partial charge in [0.25, 0.3) is 0 Å². The minimum Gasteiger partial charge on any atom is -0.493 e. The highest BCUT2D eigenvalue weighted by atomic mass is 16.5. The Morgan fingerprint density at radius 3 is 0.865 bits per heavy atom. The summed E-state index contributed by atoms with van der Waals surface area (Å²) in [5, 5.41) is 4.54. The highest BCUT2D eigenvalue weighted by Crippen LogP contribution is 2.42. The third-order valence-corrected chi connectivity index (χ3v) is 14.2. The lowest BCUT2D eigenvalue weighted by Crippen LogP contribution is -2.13. The van der Waals surface area contributed by atoms with E-state index < -0.39 is 0 Å². The Hall–Kier alpha value is -7.00. The van der Waals surface area contributed by atoms with E-state index in [1.807, 2.05) is 0 Å². The zero-order valence-electron chi connectivity index (χ0n) is 43.5. The van der Waals surface area contributed by atoms with Crippen LogP contribution in [0.3, 0.4) is 0 Å². The van der Waals surface area contributed by atoms with Crippen molar-refractivity contribution in [2.24, 2.45) is 0 Å². The second-order valence-electron chi connectivity index (χ2n) is 20.3. The molecule has 0 saturated carbocycles. The number of fused-ring (bicyclic) bond motifs is 12. The van der Waals surface area contributed by atoms with Crippen LogP contribution >= 0.6 is 0 Å². The summed E-state index contributed by atoms with van der Waals surface area (Å²) in [6, 6.07) is 44.0. The van der Waals surface area contributed by atoms with Crippen LogP contribution in [0.2, 0.25) is 0 Å². The summed E-state index contributed by atoms with van der Waals surface area (Å²) < 4.78 is 55.2. The molecular weight excluding hydrogens is 921 g/mol. The Labute approximate surface area is 436 Å². The minimum atomic E-state index is 0.359. The first kappa shape index (κ1) is 49.2. The van der Waals surface area contributed by atoms with Crippen molar-refractivity contribution in [1.29, 1.82) is 0 Å². The maximum atomic E-state index is 7.00. The first-order valence-corrected chi connectivity index (χ1v) is 27.0. The van der Waals surface area contributed by atoms with Crippen molar-refractivity contribution in [1.82, 2.24) is 0 Å². The van der Waals surface area contributed by atoms with Gasteiger partial charge in [-0.05, 0) is 187 Å². The van der Waals surface area contributed by atoms with E-state index in [0.29, 0.717) is 91.8 Å². The lowest BCUT2D eigenvalue weighted by molar-refractivity contribution is 0.104. The van der Waals surface area contributed by atoms with Crippen LogP contribution < -0.4 is 28.4 Å². The average molecular weight is 989 g/mol. The molecule has 1 aliphatic carbocycles. The molecule has 0 N–H and O–H groups in total. The molecule has 8 aromatic rings. The summed E-state index contributed by atoms with van der Waals surface area (Å²) >= 11 is 0. The zero-order valence-corrected chi connectivity index (χ0v) is 43.5. The number of hydrogen-bond acceptors (Lipinski definition) is 8. The Bertz CT molecular complexity index is 3100. The van der Waals surface area contributed by atoms with E-state index in [1.54, 1.807) is 0 Å². The van der Waals surface area contributed by atoms with Gasteiger partial charge in [-0.1, -0.05) is 76.2 Å². The fourth-order valence-corrected chi connectivity index (χ4v) is 11.0. The standard InChI is InChI=1S/C66H68O8/c1-5-17-69-63-51-21-43-23-53(63)32-55-25-45(39-73-61-35-49-15-11-9-13-47(49)29-59(61)41-67-37-43)27-57(65(55)71-19-7-3)34-58-28-46-26-56(66(58)72-20-8-4)33-54-24-44(22-52(31-51)64(54)70-18-6-2)38-68-42-60-30-48-14-10-12-16-50(48)36-62(60)74-40-46/h9-16,21-30,35-36H,5-8,17-20,31-34,37-42H2,1-4H3. The van der Waals surface area contributed by atoms with Gasteiger partial charge in [0.15, 0.2) is 0 Å². The van der Waals surface area contributed by atoms with Gasteiger partial charge < -0.3 is 37.9 Å². The molecular formula is C66H68O8. The summed E-state index contributed by atoms with van der Waals surface area (Å²) in [6.45, 7) is 13.3. The van der Waals surface area contributed by atoms with Crippen LogP contribution in [0.1, 0.15) is 131 Å². The van der Waals surface area contributed by atoms with Crippen LogP contribution in [-0.4, -0.2) is 26.4 Å². The fraction of sp³-hybridized carbons (Fsp3) is 0.333. The van der Waals surface area contributed by atoms with Crippen LogP contribution in [0.25, 0.3) is 21.5 Å². The summed E-state index contributed by atoms with van der Waals surface area (Å²) in [7, 11) is 0. The van der Waals surface area contributed by atoms with Crippen molar-refractivity contribution in [3.63, 3.8) is 0 Å². The van der Waals surface area contributed by atoms with Gasteiger partial charge in [0.05, 0.1) is 52.9 Å². The van der Waals surface area contributed by atoms with Gasteiger partial charge in [0.1, 0.15) is 47.7 Å². The normalized spacial score (nSPS) is 14.2. The highest BCUT2D eigenvalue weighted by molar-refractivity contribution is 5.86. The molecule has 0 radical (unpaired) electrons. The largest absolute Gasteiger partial charge is 0.493 e. The third-order valence-electron chi connectivity index (χ3n) is 14.2. The van der Waals surface area contributed by atoms with Crippen molar-refractivity contribution < 1.29 is 37.9 Å². The molecule has 8 nitrogen and oxygen atoms in total. The third kappa shape index (κ3) is 10.8. The topological polar surface area (TPSA) is 73.8 Å². The number of ether oxygens (including phenoxy) is 8. The van der Waals surface area contributed by atoms with Crippen molar-refractivity contribution in [2.75, 3.05) is 26.4 Å². The lowest BCUT2D eigenvalue weighted by Gasteiger charge is -2.25. The Balaban J connectivity index is 1.18. The Kier molecular flexibility index (Phi) is 15.1. The maximum Gasteiger partial charge on any atom is 0.126 e. The molecule has 2 heterocycles. The van der Waals surface area contributed by atoms with E-state index in [4.69, 9.17) is 37.9 Å². The molecule has 0 aromatic heterocycles. The first-order valence-electron chi connectivity index (χ1n) is 27.0. The van der Waals surface area contributed by atoms with Gasteiger partial charge in [0.2, 0.25) is 0 Å². The smallest absolute Gasteiger partial charge is 0.126 e. The predicted octanol–water partition coefficient (Wildman–Crippen LogP) is 15.0. The fourth-order valence-electron chi connectivity index (χ4n) is 11.0. The molecule has 0 atom stereocenters. The van der Waals surface area contributed by atoms with E-state index in [-0.39, 0.29) is 0 Å². The maximum absolute atomic E-state index is 7.00. The monoisotopic (exact) mass is 988 g/mol. The lowest BCUT2D eigenvalue weighted by atomic mass is 9.88. The minimum absolute atomic E-state index is 0.359. The second-order valence-corrected chi connectivity index (χ2v) is 20.3. The zero-order chi connectivity index (χ0) is 50.4. The van der Waals surface area contributed by atoms with Gasteiger partial charge in [-0.2, -0.15) is 0 Å². The number of hydrogen-bond donors (Lipinski definition) is 0. The van der Waals surface area contributed by atoms with E-state index in [9.17, 15) is 0 Å². The van der Waals surface area contributed by atoms with Crippen molar-refractivity contribution in [2.45, 2.75) is 119 Å². The molecule has 8 aromatic carbocycles. The van der Waals surface area contributed by atoms with Gasteiger partial charge >= 0.3 is 0 Å². The van der Waals surface area contributed by atoms with Crippen LogP contribution in [0, 0.1) is 0 Å². The molecule has 8 heteroatoms. The Morgan fingerprint density at radius 1 is 0.311 bits per heavy atom. The SMILES string of the molecule is CCCOc1c2cc3cc1Cc1cc(cc(c1OCCC)Cc1cc4cc(c1OCCC)Cc1cc(cc(c1OCCC)C2)COCc1cc2ccccc2cc1OC4)COc1cc2ccccc2cc1COC3. The van der Waals surface area contributed by atoms with Crippen LogP contribution in [0.4, 0.5) is 0 Å². The summed E-state index contributed by atoms with van der Waals surface area (Å²) in [6.07, 6.45) is 5.74. The van der Waals surface area contributed by atoms with E-state index in [0.717, 1.165) is 160 Å². The Morgan fingerprint density at radius 2 is 0.581 bits per heavy atom. The van der Waals surface area contributed by atoms with Crippen LogP contribution in [0.5, 0.6) is 34.5 Å². The average Bonchev–Trinajstić information content (AvgIpc) is 3.40. The van der Waals surface area contributed by atoms with Crippen molar-refractivity contribution >= 4 is 21.5 Å². The van der Waals surface area contributed by atoms with Crippen molar-refractivity contribution in [3.8, 4) is 34.5 Å². The summed E-state index contributed by atoms with van der Waals surface area (Å²) in [5.41, 5.74) is 15.0. The molecule has 12 bridgehead atoms. The van der Waals surface area contributed by atoms with Crippen LogP contribution in [0.15, 0.2) is 121 Å². The van der Waals surface area contributed by atoms with Crippen LogP contribution in [-0.2, 0) is 74.8 Å². The van der Waals surface area contributed by atoms with E-state index >= 15 is 0 Å². The molecule has 380 valence electrons. The molecule has 3 aliphatic rings. The second kappa shape index (κ2) is 22.6. The van der Waals surface area contributed by atoms with E-state index in [2.05, 4.69) is 149 Å². The molecule has 11 rings (SSSR count). The molecule has 0 fully saturated rings. The predicted molar refractivity (Wildman–Crippen MR) is 294 cm³/mol. The molecule has 0 amide bonds. The molecule has 0 spiro atoms. The number of benzene rings is 8. The van der Waals surface area contributed by atoms with Gasteiger partial charge in [0, 0.05) is 36.8 Å². The highest BCUT2D eigenvalue weighted by Gasteiger charge is 2.26. The molecule has 0 unspecified atom stereocenters. The quantitative estimate of drug-likeness (QED) is 0.120. The molecule has 2 aliphatic heterocycles. The summed E-state index contributed by atoms with van der Waals surface area (Å²) in [4.78, 5) is 0. The number of rotatable bonds is 12. The molecule has 74 heavy (non-hydrogen) atoms. The molecule has 0 saturated heterocycles.